The van der Waals surface area contributed by atoms with Crippen molar-refractivity contribution < 1.29 is 9.21 Å². The highest BCUT2D eigenvalue weighted by molar-refractivity contribution is 9.10. The minimum atomic E-state index is -0.210. The van der Waals surface area contributed by atoms with Crippen molar-refractivity contribution in [2.75, 3.05) is 0 Å². The van der Waals surface area contributed by atoms with Crippen molar-refractivity contribution in [2.24, 2.45) is 4.99 Å². The fourth-order valence-electron chi connectivity index (χ4n) is 1.67. The lowest BCUT2D eigenvalue weighted by atomic mass is 10.3. The standard InChI is InChI=1S/C14H8BrClN2O2S/c15-12-6-5-8(20-12)7-11-13(19)18-14(21-11)17-10-4-2-1-3-9(10)16/h1-7H,(H,17,18,19). The van der Waals surface area contributed by atoms with Crippen LogP contribution in [-0.4, -0.2) is 11.1 Å². The zero-order chi connectivity index (χ0) is 14.8. The third-order valence-electron chi connectivity index (χ3n) is 2.59. The molecule has 2 aromatic rings. The van der Waals surface area contributed by atoms with E-state index in [2.05, 4.69) is 26.2 Å². The molecule has 4 nitrogen and oxygen atoms in total. The zero-order valence-electron chi connectivity index (χ0n) is 10.5. The second-order valence-corrected chi connectivity index (χ2v) is 6.29. The maximum absolute atomic E-state index is 11.9. The van der Waals surface area contributed by atoms with E-state index in [4.69, 9.17) is 16.0 Å². The van der Waals surface area contributed by atoms with Crippen LogP contribution in [0, 0.1) is 0 Å². The van der Waals surface area contributed by atoms with Crippen LogP contribution in [0.4, 0.5) is 5.69 Å². The first-order valence-corrected chi connectivity index (χ1v) is 7.90. The van der Waals surface area contributed by atoms with Gasteiger partial charge in [0, 0.05) is 6.08 Å². The summed E-state index contributed by atoms with van der Waals surface area (Å²) in [4.78, 5) is 16.8. The summed E-state index contributed by atoms with van der Waals surface area (Å²) in [5.74, 6) is 0.386. The molecule has 3 rings (SSSR count). The van der Waals surface area contributed by atoms with Gasteiger partial charge in [0.2, 0.25) is 0 Å². The Labute approximate surface area is 138 Å². The van der Waals surface area contributed by atoms with Crippen molar-refractivity contribution >= 4 is 62.1 Å². The molecule has 0 unspecified atom stereocenters. The van der Waals surface area contributed by atoms with Gasteiger partial charge in [0.15, 0.2) is 9.84 Å². The Hall–Kier alpha value is -1.50. The van der Waals surface area contributed by atoms with Gasteiger partial charge in [-0.1, -0.05) is 23.7 Å². The van der Waals surface area contributed by atoms with Crippen molar-refractivity contribution in [1.82, 2.24) is 5.32 Å². The third kappa shape index (κ3) is 3.40. The van der Waals surface area contributed by atoms with Gasteiger partial charge in [0.05, 0.1) is 15.6 Å². The fourth-order valence-corrected chi connectivity index (χ4v) is 2.98. The number of carbonyl (C=O) groups is 1. The van der Waals surface area contributed by atoms with Crippen LogP contribution in [-0.2, 0) is 4.79 Å². The van der Waals surface area contributed by atoms with Gasteiger partial charge in [-0.25, -0.2) is 4.99 Å². The number of furan rings is 1. The summed E-state index contributed by atoms with van der Waals surface area (Å²) in [5.41, 5.74) is 0.615. The molecule has 1 aliphatic rings. The molecular weight excluding hydrogens is 376 g/mol. The third-order valence-corrected chi connectivity index (χ3v) is 4.25. The van der Waals surface area contributed by atoms with E-state index in [0.29, 0.717) is 31.2 Å². The van der Waals surface area contributed by atoms with Crippen LogP contribution in [0.15, 0.2) is 55.4 Å². The van der Waals surface area contributed by atoms with Crippen molar-refractivity contribution in [3.63, 3.8) is 0 Å². The molecule has 1 amide bonds. The van der Waals surface area contributed by atoms with Gasteiger partial charge in [0.25, 0.3) is 5.91 Å². The number of para-hydroxylation sites is 1. The summed E-state index contributed by atoms with van der Waals surface area (Å²) >= 11 is 10.5. The first-order chi connectivity index (χ1) is 10.1. The van der Waals surface area contributed by atoms with E-state index < -0.39 is 0 Å². The molecule has 0 aliphatic carbocycles. The number of amides is 1. The molecule has 1 aromatic heterocycles. The number of nitrogens with one attached hydrogen (secondary N) is 1. The van der Waals surface area contributed by atoms with Gasteiger partial charge in [0.1, 0.15) is 5.76 Å². The number of carbonyl (C=O) groups excluding carboxylic acids is 1. The lowest BCUT2D eigenvalue weighted by molar-refractivity contribution is -0.115. The lowest BCUT2D eigenvalue weighted by Gasteiger charge is -1.98. The minimum absolute atomic E-state index is 0.210. The van der Waals surface area contributed by atoms with Gasteiger partial charge in [-0.2, -0.15) is 0 Å². The maximum atomic E-state index is 11.9. The highest BCUT2D eigenvalue weighted by Gasteiger charge is 2.24. The molecule has 0 radical (unpaired) electrons. The highest BCUT2D eigenvalue weighted by Crippen LogP contribution is 2.31. The Morgan fingerprint density at radius 2 is 2.10 bits per heavy atom. The molecule has 0 atom stereocenters. The predicted molar refractivity (Wildman–Crippen MR) is 88.7 cm³/mol. The topological polar surface area (TPSA) is 54.6 Å². The van der Waals surface area contributed by atoms with Crippen LogP contribution < -0.4 is 5.32 Å². The lowest BCUT2D eigenvalue weighted by Crippen LogP contribution is -2.19. The number of nitrogens with zero attached hydrogens (tertiary/aromatic N) is 1. The normalized spacial score (nSPS) is 18.5. The summed E-state index contributed by atoms with van der Waals surface area (Å²) in [7, 11) is 0. The van der Waals surface area contributed by atoms with Gasteiger partial charge in [-0.3, -0.25) is 4.79 Å². The summed E-state index contributed by atoms with van der Waals surface area (Å²) < 4.78 is 5.97. The van der Waals surface area contributed by atoms with E-state index >= 15 is 0 Å². The zero-order valence-corrected chi connectivity index (χ0v) is 13.6. The van der Waals surface area contributed by atoms with Gasteiger partial charge < -0.3 is 9.73 Å². The Bertz CT molecular complexity index is 770. The fraction of sp³-hybridized carbons (Fsp3) is 0. The Kier molecular flexibility index (Phi) is 4.19. The molecule has 1 aromatic carbocycles. The van der Waals surface area contributed by atoms with E-state index in [0.717, 1.165) is 0 Å². The number of aliphatic imine (C=N–C) groups is 1. The van der Waals surface area contributed by atoms with E-state index in [1.165, 1.54) is 11.8 Å². The van der Waals surface area contributed by atoms with E-state index in [9.17, 15) is 4.79 Å². The SMILES string of the molecule is O=C1NC(=Nc2ccccc2Cl)SC1=Cc1ccc(Br)o1. The van der Waals surface area contributed by atoms with E-state index in [1.54, 1.807) is 30.3 Å². The van der Waals surface area contributed by atoms with Gasteiger partial charge >= 0.3 is 0 Å². The molecule has 0 bridgehead atoms. The number of hydrogen-bond acceptors (Lipinski definition) is 4. The van der Waals surface area contributed by atoms with Crippen LogP contribution in [0.5, 0.6) is 0 Å². The molecule has 1 aliphatic heterocycles. The van der Waals surface area contributed by atoms with Crippen molar-refractivity contribution in [2.45, 2.75) is 0 Å². The Balaban J connectivity index is 1.85. The average Bonchev–Trinajstić information content (AvgIpc) is 3.00. The number of amidine groups is 1. The van der Waals surface area contributed by atoms with Gasteiger partial charge in [-0.05, 0) is 52.0 Å². The minimum Gasteiger partial charge on any atom is -0.450 e. The molecule has 0 saturated carbocycles. The summed E-state index contributed by atoms with van der Waals surface area (Å²) in [6.45, 7) is 0. The first-order valence-electron chi connectivity index (χ1n) is 5.91. The molecule has 1 saturated heterocycles. The molecule has 0 spiro atoms. The monoisotopic (exact) mass is 382 g/mol. The Morgan fingerprint density at radius 1 is 1.29 bits per heavy atom. The molecule has 1 N–H and O–H groups in total. The average molecular weight is 384 g/mol. The molecule has 7 heteroatoms. The van der Waals surface area contributed by atoms with Crippen LogP contribution in [0.1, 0.15) is 5.76 Å². The van der Waals surface area contributed by atoms with E-state index in [-0.39, 0.29) is 5.91 Å². The van der Waals surface area contributed by atoms with Crippen molar-refractivity contribution in [1.29, 1.82) is 0 Å². The van der Waals surface area contributed by atoms with E-state index in [1.807, 2.05) is 12.1 Å². The maximum Gasteiger partial charge on any atom is 0.264 e. The quantitative estimate of drug-likeness (QED) is 0.772. The van der Waals surface area contributed by atoms with Crippen molar-refractivity contribution in [3.8, 4) is 0 Å². The molecule has 1 fully saturated rings. The molecule has 2 heterocycles. The van der Waals surface area contributed by atoms with Crippen LogP contribution in [0.25, 0.3) is 6.08 Å². The largest absolute Gasteiger partial charge is 0.450 e. The number of hydrogen-bond donors (Lipinski definition) is 1. The predicted octanol–water partition coefficient (Wildman–Crippen LogP) is 4.59. The van der Waals surface area contributed by atoms with Crippen molar-refractivity contribution in [3.05, 3.63) is 56.8 Å². The van der Waals surface area contributed by atoms with Crippen LogP contribution in [0.3, 0.4) is 0 Å². The summed E-state index contributed by atoms with van der Waals surface area (Å²) in [5, 5.41) is 3.73. The smallest absolute Gasteiger partial charge is 0.264 e. The number of thioether (sulfide) groups is 1. The highest BCUT2D eigenvalue weighted by atomic mass is 79.9. The summed E-state index contributed by atoms with van der Waals surface area (Å²) in [6.07, 6.45) is 1.67. The Morgan fingerprint density at radius 3 is 2.81 bits per heavy atom. The molecule has 21 heavy (non-hydrogen) atoms. The number of halogens is 2. The summed E-state index contributed by atoms with van der Waals surface area (Å²) in [6, 6.07) is 10.7. The van der Waals surface area contributed by atoms with Crippen LogP contribution in [0.2, 0.25) is 5.02 Å². The van der Waals surface area contributed by atoms with Crippen LogP contribution >= 0.6 is 39.3 Å². The number of benzene rings is 1. The van der Waals surface area contributed by atoms with Gasteiger partial charge in [-0.15, -0.1) is 0 Å². The second-order valence-electron chi connectivity index (χ2n) is 4.08. The second kappa shape index (κ2) is 6.09. The first kappa shape index (κ1) is 14.4. The number of rotatable bonds is 2. The molecule has 106 valence electrons. The molecular formula is C14H8BrClN2O2S.